The zero-order valence-corrected chi connectivity index (χ0v) is 14.5. The Bertz CT molecular complexity index is 623. The number of nitrogens with one attached hydrogen (secondary N) is 1. The summed E-state index contributed by atoms with van der Waals surface area (Å²) >= 11 is 6.83. The van der Waals surface area contributed by atoms with Gasteiger partial charge in [-0.3, -0.25) is 4.79 Å². The number of hydrogen-bond donors (Lipinski definition) is 1. The van der Waals surface area contributed by atoms with Gasteiger partial charge in [-0.15, -0.1) is 0 Å². The first-order chi connectivity index (χ1) is 9.47. The normalized spacial score (nSPS) is 12.0. The van der Waals surface area contributed by atoms with Crippen molar-refractivity contribution in [3.05, 3.63) is 68.1 Å². The van der Waals surface area contributed by atoms with Gasteiger partial charge in [0.05, 0.1) is 11.6 Å². The van der Waals surface area contributed by atoms with Crippen molar-refractivity contribution >= 4 is 37.8 Å². The van der Waals surface area contributed by atoms with Crippen LogP contribution in [0.25, 0.3) is 0 Å². The molecule has 0 aliphatic rings. The molecule has 0 unspecified atom stereocenters. The Labute approximate surface area is 135 Å². The van der Waals surface area contributed by atoms with E-state index in [4.69, 9.17) is 0 Å². The molecule has 0 fully saturated rings. The van der Waals surface area contributed by atoms with Crippen LogP contribution in [0.3, 0.4) is 0 Å². The predicted molar refractivity (Wildman–Crippen MR) is 88.9 cm³/mol. The zero-order chi connectivity index (χ0) is 14.7. The van der Waals surface area contributed by atoms with Crippen LogP contribution in [0.15, 0.2) is 51.4 Å². The molecular weight excluding hydrogens is 382 g/mol. The molecule has 0 saturated carbocycles. The highest BCUT2D eigenvalue weighted by molar-refractivity contribution is 9.10. The van der Waals surface area contributed by atoms with Gasteiger partial charge in [0.1, 0.15) is 0 Å². The Morgan fingerprint density at radius 1 is 1.10 bits per heavy atom. The van der Waals surface area contributed by atoms with Crippen molar-refractivity contribution in [2.75, 3.05) is 0 Å². The van der Waals surface area contributed by atoms with Crippen LogP contribution in [0.2, 0.25) is 0 Å². The first-order valence-corrected chi connectivity index (χ1v) is 7.88. The second kappa shape index (κ2) is 6.55. The van der Waals surface area contributed by atoms with Gasteiger partial charge in [0, 0.05) is 8.95 Å². The molecule has 2 rings (SSSR count). The van der Waals surface area contributed by atoms with Crippen molar-refractivity contribution in [3.63, 3.8) is 0 Å². The molecule has 104 valence electrons. The molecule has 20 heavy (non-hydrogen) atoms. The Kier molecular flexibility index (Phi) is 5.00. The average Bonchev–Trinajstić information content (AvgIpc) is 2.42. The van der Waals surface area contributed by atoms with Gasteiger partial charge in [0.25, 0.3) is 5.91 Å². The van der Waals surface area contributed by atoms with Crippen LogP contribution in [0.5, 0.6) is 0 Å². The van der Waals surface area contributed by atoms with Gasteiger partial charge in [0.2, 0.25) is 0 Å². The van der Waals surface area contributed by atoms with E-state index < -0.39 is 0 Å². The van der Waals surface area contributed by atoms with Crippen molar-refractivity contribution in [2.45, 2.75) is 19.9 Å². The molecular formula is C16H15Br2NO. The van der Waals surface area contributed by atoms with Crippen molar-refractivity contribution in [1.29, 1.82) is 0 Å². The molecule has 2 nitrogen and oxygen atoms in total. The standard InChI is InChI=1S/C16H15Br2NO/c1-10-3-8-15(18)14(9-10)16(20)19-11(2)12-4-6-13(17)7-5-12/h3-9,11H,1-2H3,(H,19,20)/t11-/m1/s1. The van der Waals surface area contributed by atoms with Crippen LogP contribution in [0, 0.1) is 6.92 Å². The SMILES string of the molecule is Cc1ccc(Br)c(C(=O)N[C@H](C)c2ccc(Br)cc2)c1. The average molecular weight is 397 g/mol. The summed E-state index contributed by atoms with van der Waals surface area (Å²) in [7, 11) is 0. The number of hydrogen-bond acceptors (Lipinski definition) is 1. The van der Waals surface area contributed by atoms with Crippen molar-refractivity contribution < 1.29 is 4.79 Å². The summed E-state index contributed by atoms with van der Waals surface area (Å²) in [6, 6.07) is 13.7. The van der Waals surface area contributed by atoms with Gasteiger partial charge in [-0.05, 0) is 59.6 Å². The smallest absolute Gasteiger partial charge is 0.252 e. The molecule has 4 heteroatoms. The molecule has 0 aromatic heterocycles. The molecule has 2 aromatic carbocycles. The van der Waals surface area contributed by atoms with E-state index in [1.165, 1.54) is 0 Å². The zero-order valence-electron chi connectivity index (χ0n) is 11.3. The summed E-state index contributed by atoms with van der Waals surface area (Å²) in [5, 5.41) is 3.02. The number of amides is 1. The lowest BCUT2D eigenvalue weighted by Crippen LogP contribution is -2.27. The van der Waals surface area contributed by atoms with E-state index in [1.54, 1.807) is 0 Å². The molecule has 2 aromatic rings. The maximum absolute atomic E-state index is 12.3. The minimum absolute atomic E-state index is 0.0389. The molecule has 0 saturated heterocycles. The Balaban J connectivity index is 2.15. The molecule has 0 aliphatic heterocycles. The van der Waals surface area contributed by atoms with Gasteiger partial charge in [-0.1, -0.05) is 39.7 Å². The largest absolute Gasteiger partial charge is 0.345 e. The maximum atomic E-state index is 12.3. The fourth-order valence-corrected chi connectivity index (χ4v) is 2.61. The van der Waals surface area contributed by atoms with Crippen LogP contribution >= 0.6 is 31.9 Å². The topological polar surface area (TPSA) is 29.1 Å². The van der Waals surface area contributed by atoms with Crippen molar-refractivity contribution in [1.82, 2.24) is 5.32 Å². The minimum Gasteiger partial charge on any atom is -0.345 e. The van der Waals surface area contributed by atoms with Crippen LogP contribution in [0.1, 0.15) is 34.5 Å². The Morgan fingerprint density at radius 2 is 1.75 bits per heavy atom. The fourth-order valence-electron chi connectivity index (χ4n) is 1.92. The molecule has 1 atom stereocenters. The lowest BCUT2D eigenvalue weighted by atomic mass is 10.1. The summed E-state index contributed by atoms with van der Waals surface area (Å²) < 4.78 is 1.84. The summed E-state index contributed by atoms with van der Waals surface area (Å²) in [6.07, 6.45) is 0. The highest BCUT2D eigenvalue weighted by Crippen LogP contribution is 2.20. The van der Waals surface area contributed by atoms with E-state index in [0.29, 0.717) is 5.56 Å². The lowest BCUT2D eigenvalue weighted by Gasteiger charge is -2.15. The first-order valence-electron chi connectivity index (χ1n) is 6.30. The first kappa shape index (κ1) is 15.3. The van der Waals surface area contributed by atoms with Crippen LogP contribution < -0.4 is 5.32 Å². The summed E-state index contributed by atoms with van der Waals surface area (Å²) in [4.78, 5) is 12.3. The maximum Gasteiger partial charge on any atom is 0.252 e. The van der Waals surface area contributed by atoms with Gasteiger partial charge in [-0.2, -0.15) is 0 Å². The quantitative estimate of drug-likeness (QED) is 0.775. The van der Waals surface area contributed by atoms with Gasteiger partial charge in [-0.25, -0.2) is 0 Å². The van der Waals surface area contributed by atoms with Gasteiger partial charge in [0.15, 0.2) is 0 Å². The third kappa shape index (κ3) is 3.70. The lowest BCUT2D eigenvalue weighted by molar-refractivity contribution is 0.0939. The minimum atomic E-state index is -0.0732. The van der Waals surface area contributed by atoms with Crippen LogP contribution in [-0.4, -0.2) is 5.91 Å². The Morgan fingerprint density at radius 3 is 2.40 bits per heavy atom. The molecule has 0 heterocycles. The number of halogens is 2. The van der Waals surface area contributed by atoms with Gasteiger partial charge >= 0.3 is 0 Å². The molecule has 1 N–H and O–H groups in total. The van der Waals surface area contributed by atoms with Gasteiger partial charge < -0.3 is 5.32 Å². The summed E-state index contributed by atoms with van der Waals surface area (Å²) in [5.74, 6) is -0.0732. The van der Waals surface area contributed by atoms with E-state index in [9.17, 15) is 4.79 Å². The number of rotatable bonds is 3. The number of carbonyl (C=O) groups excluding carboxylic acids is 1. The predicted octanol–water partition coefficient (Wildman–Crippen LogP) is 5.01. The van der Waals surface area contributed by atoms with E-state index >= 15 is 0 Å². The third-order valence-electron chi connectivity index (χ3n) is 3.08. The fraction of sp³-hybridized carbons (Fsp3) is 0.188. The van der Waals surface area contributed by atoms with Crippen LogP contribution in [-0.2, 0) is 0 Å². The summed E-state index contributed by atoms with van der Waals surface area (Å²) in [6.45, 7) is 3.95. The van der Waals surface area contributed by atoms with Crippen molar-refractivity contribution in [3.8, 4) is 0 Å². The van der Waals surface area contributed by atoms with Crippen molar-refractivity contribution in [2.24, 2.45) is 0 Å². The van der Waals surface area contributed by atoms with Crippen LogP contribution in [0.4, 0.5) is 0 Å². The highest BCUT2D eigenvalue weighted by atomic mass is 79.9. The number of carbonyl (C=O) groups is 1. The van der Waals surface area contributed by atoms with E-state index in [1.807, 2.05) is 56.3 Å². The molecule has 1 amide bonds. The number of benzene rings is 2. The molecule has 0 bridgehead atoms. The molecule has 0 spiro atoms. The highest BCUT2D eigenvalue weighted by Gasteiger charge is 2.14. The second-order valence-corrected chi connectivity index (χ2v) is 6.50. The van der Waals surface area contributed by atoms with E-state index in [2.05, 4.69) is 37.2 Å². The molecule has 0 aliphatic carbocycles. The molecule has 0 radical (unpaired) electrons. The van der Waals surface area contributed by atoms with E-state index in [-0.39, 0.29) is 11.9 Å². The number of aryl methyl sites for hydroxylation is 1. The monoisotopic (exact) mass is 395 g/mol. The van der Waals surface area contributed by atoms with E-state index in [0.717, 1.165) is 20.1 Å². The summed E-state index contributed by atoms with van der Waals surface area (Å²) in [5.41, 5.74) is 2.80. The second-order valence-electron chi connectivity index (χ2n) is 4.73. The Hall–Kier alpha value is -1.13. The third-order valence-corrected chi connectivity index (χ3v) is 4.30.